The third-order valence-electron chi connectivity index (χ3n) is 2.23. The van der Waals surface area contributed by atoms with E-state index in [2.05, 4.69) is 29.3 Å². The Hall–Kier alpha value is -0.0462. The molecule has 12 nitrogen and oxygen atoms in total. The molecule has 0 radical (unpaired) electrons. The maximum Gasteiger partial charge on any atom is 0.584 e. The Morgan fingerprint density at radius 3 is 0.826 bits per heavy atom. The summed E-state index contributed by atoms with van der Waals surface area (Å²) in [4.78, 5) is 27.8. The fraction of sp³-hybridized carbons (Fsp3) is 1.00. The molecule has 23 heavy (non-hydrogen) atoms. The van der Waals surface area contributed by atoms with Gasteiger partial charge in [-0.2, -0.15) is 0 Å². The van der Waals surface area contributed by atoms with E-state index < -0.39 is 17.6 Å². The second-order valence-corrected chi connectivity index (χ2v) is 8.45. The van der Waals surface area contributed by atoms with Crippen LogP contribution in [0.2, 0.25) is 12.1 Å². The van der Waals surface area contributed by atoms with Gasteiger partial charge < -0.3 is 0 Å². The highest BCUT2D eigenvalue weighted by molar-refractivity contribution is 6.61. The van der Waals surface area contributed by atoms with E-state index in [-0.39, 0.29) is 12.1 Å². The minimum absolute atomic E-state index is 0.213. The summed E-state index contributed by atoms with van der Waals surface area (Å²) >= 11 is 0. The van der Waals surface area contributed by atoms with Gasteiger partial charge in [0.1, 0.15) is 0 Å². The quantitative estimate of drug-likeness (QED) is 0.214. The van der Waals surface area contributed by atoms with E-state index in [0.717, 1.165) is 0 Å². The second-order valence-electron chi connectivity index (χ2n) is 3.72. The van der Waals surface area contributed by atoms with Gasteiger partial charge in [0.05, 0.1) is 42.7 Å². The molecule has 0 amide bonds. The van der Waals surface area contributed by atoms with Crippen LogP contribution in [0.3, 0.4) is 0 Å². The molecule has 0 spiro atoms. The van der Waals surface area contributed by atoms with Crippen LogP contribution in [0.5, 0.6) is 0 Å². The lowest BCUT2D eigenvalue weighted by Crippen LogP contribution is -2.48. The lowest BCUT2D eigenvalue weighted by molar-refractivity contribution is -0.345. The van der Waals surface area contributed by atoms with Gasteiger partial charge in [-0.1, -0.05) is 0 Å². The third-order valence-corrected chi connectivity index (χ3v) is 6.68. The molecule has 0 atom stereocenters. The van der Waals surface area contributed by atoms with Crippen LogP contribution in [0.4, 0.5) is 0 Å². The molecule has 0 saturated carbocycles. The number of hydrogen-bond donors (Lipinski definition) is 0. The van der Waals surface area contributed by atoms with Crippen LogP contribution in [-0.4, -0.2) is 60.3 Å². The molecule has 0 aliphatic heterocycles. The normalized spacial score (nSPS) is 12.8. The monoisotopic (exact) mass is 380 g/mol. The van der Waals surface area contributed by atoms with Crippen LogP contribution in [0.25, 0.3) is 0 Å². The van der Waals surface area contributed by atoms with Crippen molar-refractivity contribution in [2.75, 3.05) is 42.7 Å². The van der Waals surface area contributed by atoms with Crippen molar-refractivity contribution in [3.05, 3.63) is 0 Å². The Morgan fingerprint density at radius 2 is 0.652 bits per heavy atom. The molecule has 0 unspecified atom stereocenters. The van der Waals surface area contributed by atoms with Crippen molar-refractivity contribution < 1.29 is 56.8 Å². The van der Waals surface area contributed by atoms with E-state index in [9.17, 15) is 0 Å². The van der Waals surface area contributed by atoms with E-state index in [0.29, 0.717) is 6.42 Å². The molecule has 0 saturated heterocycles. The fourth-order valence-corrected chi connectivity index (χ4v) is 5.38. The first-order valence-corrected chi connectivity index (χ1v) is 10.2. The Labute approximate surface area is 136 Å². The van der Waals surface area contributed by atoms with Gasteiger partial charge in [0.2, 0.25) is 0 Å². The highest BCUT2D eigenvalue weighted by atomic mass is 28.4. The van der Waals surface area contributed by atoms with E-state index in [4.69, 9.17) is 27.5 Å². The molecule has 0 heterocycles. The smallest absolute Gasteiger partial charge is 0.246 e. The van der Waals surface area contributed by atoms with Gasteiger partial charge in [0, 0.05) is 12.1 Å². The summed E-state index contributed by atoms with van der Waals surface area (Å²) in [5.41, 5.74) is 0. The Balaban J connectivity index is 4.82. The van der Waals surface area contributed by atoms with Crippen LogP contribution in [0.1, 0.15) is 6.42 Å². The Bertz CT molecular complexity index is 223. The summed E-state index contributed by atoms with van der Waals surface area (Å²) in [6, 6.07) is 0.426. The molecule has 0 aromatic rings. The molecule has 0 aromatic carbocycles. The van der Waals surface area contributed by atoms with Crippen molar-refractivity contribution >= 4 is 17.6 Å². The lowest BCUT2D eigenvalue weighted by atomic mass is 10.6. The molecular formula is C9H24O12Si2. The van der Waals surface area contributed by atoms with E-state index in [1.807, 2.05) is 0 Å². The molecule has 0 aliphatic rings. The van der Waals surface area contributed by atoms with Gasteiger partial charge in [-0.15, -0.1) is 0 Å². The molecular weight excluding hydrogens is 356 g/mol. The first kappa shape index (κ1) is 23.0. The van der Waals surface area contributed by atoms with Crippen molar-refractivity contribution in [1.29, 1.82) is 0 Å². The molecule has 0 aliphatic carbocycles. The highest BCUT2D eigenvalue weighted by Gasteiger charge is 2.50. The topological polar surface area (TPSA) is 111 Å². The SMILES string of the molecule is COO[Si](CCC[Si](OOC)(OOC)OOC)(OOC)OOC. The average molecular weight is 380 g/mol. The number of hydrogen-bond acceptors (Lipinski definition) is 12. The molecule has 0 fully saturated rings. The zero-order valence-corrected chi connectivity index (χ0v) is 16.0. The second kappa shape index (κ2) is 13.3. The van der Waals surface area contributed by atoms with Crippen LogP contribution < -0.4 is 0 Å². The Kier molecular flexibility index (Phi) is 13.2. The minimum Gasteiger partial charge on any atom is -0.246 e. The minimum atomic E-state index is -3.40. The summed E-state index contributed by atoms with van der Waals surface area (Å²) < 4.78 is 30.3. The largest absolute Gasteiger partial charge is 0.584 e. The van der Waals surface area contributed by atoms with Crippen LogP contribution in [0.15, 0.2) is 0 Å². The van der Waals surface area contributed by atoms with Gasteiger partial charge >= 0.3 is 17.6 Å². The van der Waals surface area contributed by atoms with Gasteiger partial charge in [-0.25, -0.2) is 56.8 Å². The predicted octanol–water partition coefficient (Wildman–Crippen LogP) is 0.722. The first-order chi connectivity index (χ1) is 11.1. The zero-order chi connectivity index (χ0) is 17.6. The fourth-order valence-electron chi connectivity index (χ4n) is 1.62. The summed E-state index contributed by atoms with van der Waals surface area (Å²) in [5.74, 6) is 0. The standard InChI is InChI=1S/C9H24O12Si2/c1-10-16-22(17-11-2,18-12-3)8-7-9-23(19-13-4,20-14-5)21-15-6/h7-9H2,1-6H3. The first-order valence-electron chi connectivity index (χ1n) is 6.38. The molecule has 0 rings (SSSR count). The third kappa shape index (κ3) is 8.56. The highest BCUT2D eigenvalue weighted by Crippen LogP contribution is 2.25. The molecule has 0 N–H and O–H groups in total. The summed E-state index contributed by atoms with van der Waals surface area (Å²) in [5, 5.41) is 0. The van der Waals surface area contributed by atoms with Crippen LogP contribution >= 0.6 is 0 Å². The zero-order valence-electron chi connectivity index (χ0n) is 14.0. The molecule has 14 heteroatoms. The summed E-state index contributed by atoms with van der Waals surface area (Å²) in [6.07, 6.45) is 0.366. The van der Waals surface area contributed by atoms with Gasteiger partial charge in [0.25, 0.3) is 0 Å². The van der Waals surface area contributed by atoms with E-state index >= 15 is 0 Å². The van der Waals surface area contributed by atoms with Crippen molar-refractivity contribution in [2.24, 2.45) is 0 Å². The summed E-state index contributed by atoms with van der Waals surface area (Å²) in [6.45, 7) is 0. The average Bonchev–Trinajstić information content (AvgIpc) is 2.49. The molecule has 0 bridgehead atoms. The summed E-state index contributed by atoms with van der Waals surface area (Å²) in [7, 11) is 1.01. The number of rotatable bonds is 16. The van der Waals surface area contributed by atoms with Gasteiger partial charge in [0.15, 0.2) is 0 Å². The van der Waals surface area contributed by atoms with Crippen molar-refractivity contribution in [3.63, 3.8) is 0 Å². The molecule has 140 valence electrons. The van der Waals surface area contributed by atoms with E-state index in [1.54, 1.807) is 0 Å². The maximum atomic E-state index is 5.05. The van der Waals surface area contributed by atoms with Crippen molar-refractivity contribution in [1.82, 2.24) is 0 Å². The van der Waals surface area contributed by atoms with Crippen molar-refractivity contribution in [3.8, 4) is 0 Å². The molecule has 0 aromatic heterocycles. The van der Waals surface area contributed by atoms with Crippen molar-refractivity contribution in [2.45, 2.75) is 18.5 Å². The predicted molar refractivity (Wildman–Crippen MR) is 74.3 cm³/mol. The van der Waals surface area contributed by atoms with Gasteiger partial charge in [-0.3, -0.25) is 0 Å². The Morgan fingerprint density at radius 1 is 0.435 bits per heavy atom. The van der Waals surface area contributed by atoms with Gasteiger partial charge in [-0.05, 0) is 6.42 Å². The maximum absolute atomic E-state index is 5.05. The van der Waals surface area contributed by atoms with Crippen LogP contribution in [0, 0.1) is 0 Å². The van der Waals surface area contributed by atoms with E-state index in [1.165, 1.54) is 42.7 Å². The lowest BCUT2D eigenvalue weighted by Gasteiger charge is -2.26. The van der Waals surface area contributed by atoms with Crippen LogP contribution in [-0.2, 0) is 56.8 Å².